The Labute approximate surface area is 119 Å². The third kappa shape index (κ3) is 2.72. The van der Waals surface area contributed by atoms with Gasteiger partial charge in [-0.2, -0.15) is 0 Å². The number of hydrogen-bond donors (Lipinski definition) is 0. The molecule has 1 fully saturated rings. The van der Waals surface area contributed by atoms with Crippen molar-refractivity contribution < 1.29 is 4.79 Å². The van der Waals surface area contributed by atoms with Crippen LogP contribution in [0.25, 0.3) is 0 Å². The Hall–Kier alpha value is -2.16. The molecule has 0 N–H and O–H groups in total. The minimum absolute atomic E-state index is 0.491. The van der Waals surface area contributed by atoms with Gasteiger partial charge in [-0.05, 0) is 30.5 Å². The Morgan fingerprint density at radius 1 is 1.15 bits per heavy atom. The average molecular weight is 266 g/mol. The molecule has 3 nitrogen and oxygen atoms in total. The van der Waals surface area contributed by atoms with Gasteiger partial charge in [-0.15, -0.1) is 0 Å². The average Bonchev–Trinajstić information content (AvgIpc) is 2.56. The zero-order valence-electron chi connectivity index (χ0n) is 11.4. The number of aldehydes is 1. The van der Waals surface area contributed by atoms with E-state index >= 15 is 0 Å². The Kier molecular flexibility index (Phi) is 3.77. The first-order valence-electron chi connectivity index (χ1n) is 7.08. The minimum atomic E-state index is 0.491. The van der Waals surface area contributed by atoms with Gasteiger partial charge in [0.05, 0.1) is 11.9 Å². The van der Waals surface area contributed by atoms with E-state index in [9.17, 15) is 4.79 Å². The zero-order valence-corrected chi connectivity index (χ0v) is 11.4. The Bertz CT molecular complexity index is 565. The van der Waals surface area contributed by atoms with Crippen LogP contribution in [0.15, 0.2) is 48.7 Å². The first-order valence-corrected chi connectivity index (χ1v) is 7.08. The van der Waals surface area contributed by atoms with Crippen LogP contribution in [0.4, 0.5) is 5.69 Å². The number of rotatable bonds is 3. The number of carbonyl (C=O) groups is 1. The lowest BCUT2D eigenvalue weighted by atomic mass is 9.90. The first-order chi connectivity index (χ1) is 9.86. The third-order valence-corrected chi connectivity index (χ3v) is 3.95. The SMILES string of the molecule is O=Cc1ccc(N2CCCC(c3ccccc3)C2)cn1. The van der Waals surface area contributed by atoms with Crippen molar-refractivity contribution >= 4 is 12.0 Å². The van der Waals surface area contributed by atoms with Crippen molar-refractivity contribution in [2.24, 2.45) is 0 Å². The molecular formula is C17H18N2O. The zero-order chi connectivity index (χ0) is 13.8. The molecule has 2 aromatic rings. The molecule has 0 spiro atoms. The summed E-state index contributed by atoms with van der Waals surface area (Å²) in [6, 6.07) is 14.5. The molecule has 1 aliphatic rings. The molecule has 20 heavy (non-hydrogen) atoms. The smallest absolute Gasteiger partial charge is 0.168 e. The van der Waals surface area contributed by atoms with Crippen molar-refractivity contribution in [2.45, 2.75) is 18.8 Å². The van der Waals surface area contributed by atoms with Crippen LogP contribution < -0.4 is 4.90 Å². The molecule has 1 aromatic carbocycles. The van der Waals surface area contributed by atoms with Crippen molar-refractivity contribution in [3.8, 4) is 0 Å². The number of pyridine rings is 1. The van der Waals surface area contributed by atoms with Crippen LogP contribution in [0.3, 0.4) is 0 Å². The van der Waals surface area contributed by atoms with Crippen molar-refractivity contribution in [1.29, 1.82) is 0 Å². The molecule has 0 amide bonds. The van der Waals surface area contributed by atoms with Gasteiger partial charge < -0.3 is 4.90 Å². The molecule has 3 rings (SSSR count). The summed E-state index contributed by atoms with van der Waals surface area (Å²) in [6.07, 6.45) is 5.01. The Balaban J connectivity index is 1.76. The van der Waals surface area contributed by atoms with Gasteiger partial charge in [-0.1, -0.05) is 30.3 Å². The van der Waals surface area contributed by atoms with Gasteiger partial charge in [0.15, 0.2) is 6.29 Å². The number of anilines is 1. The Morgan fingerprint density at radius 3 is 2.70 bits per heavy atom. The van der Waals surface area contributed by atoms with E-state index in [1.165, 1.54) is 18.4 Å². The molecular weight excluding hydrogens is 248 g/mol. The van der Waals surface area contributed by atoms with E-state index in [2.05, 4.69) is 40.2 Å². The van der Waals surface area contributed by atoms with Gasteiger partial charge in [-0.25, -0.2) is 0 Å². The lowest BCUT2D eigenvalue weighted by Crippen LogP contribution is -2.34. The topological polar surface area (TPSA) is 33.2 Å². The van der Waals surface area contributed by atoms with Gasteiger partial charge in [0.25, 0.3) is 0 Å². The Morgan fingerprint density at radius 2 is 2.00 bits per heavy atom. The van der Waals surface area contributed by atoms with Crippen LogP contribution in [0.5, 0.6) is 0 Å². The van der Waals surface area contributed by atoms with Gasteiger partial charge >= 0.3 is 0 Å². The van der Waals surface area contributed by atoms with E-state index in [1.807, 2.05) is 6.07 Å². The number of piperidine rings is 1. The molecule has 2 heterocycles. The maximum absolute atomic E-state index is 10.7. The monoisotopic (exact) mass is 266 g/mol. The maximum atomic E-state index is 10.7. The molecule has 0 radical (unpaired) electrons. The fourth-order valence-corrected chi connectivity index (χ4v) is 2.86. The van der Waals surface area contributed by atoms with Gasteiger partial charge in [0.2, 0.25) is 0 Å². The predicted molar refractivity (Wildman–Crippen MR) is 80.3 cm³/mol. The van der Waals surface area contributed by atoms with Crippen molar-refractivity contribution in [3.05, 3.63) is 59.9 Å². The van der Waals surface area contributed by atoms with Crippen LogP contribution in [0.1, 0.15) is 34.8 Å². The number of aromatic nitrogens is 1. The molecule has 0 saturated carbocycles. The van der Waals surface area contributed by atoms with E-state index in [0.29, 0.717) is 11.6 Å². The highest BCUT2D eigenvalue weighted by molar-refractivity contribution is 5.72. The fourth-order valence-electron chi connectivity index (χ4n) is 2.86. The molecule has 3 heteroatoms. The third-order valence-electron chi connectivity index (χ3n) is 3.95. The summed E-state index contributed by atoms with van der Waals surface area (Å²) in [5.74, 6) is 0.579. The molecule has 0 aliphatic carbocycles. The minimum Gasteiger partial charge on any atom is -0.370 e. The van der Waals surface area contributed by atoms with E-state index < -0.39 is 0 Å². The standard InChI is InChI=1S/C17H18N2O/c20-13-16-8-9-17(11-18-16)19-10-4-7-15(12-19)14-5-2-1-3-6-14/h1-3,5-6,8-9,11,13,15H,4,7,10,12H2. The van der Waals surface area contributed by atoms with E-state index in [-0.39, 0.29) is 0 Å². The summed E-state index contributed by atoms with van der Waals surface area (Å²) in [7, 11) is 0. The van der Waals surface area contributed by atoms with Gasteiger partial charge in [-0.3, -0.25) is 9.78 Å². The second-order valence-electron chi connectivity index (χ2n) is 5.25. The van der Waals surface area contributed by atoms with Crippen molar-refractivity contribution in [1.82, 2.24) is 4.98 Å². The van der Waals surface area contributed by atoms with Crippen molar-refractivity contribution in [2.75, 3.05) is 18.0 Å². The molecule has 0 bridgehead atoms. The van der Waals surface area contributed by atoms with Crippen LogP contribution in [-0.2, 0) is 0 Å². The second-order valence-corrected chi connectivity index (χ2v) is 5.25. The second kappa shape index (κ2) is 5.87. The van der Waals surface area contributed by atoms with E-state index in [0.717, 1.165) is 25.1 Å². The molecule has 1 atom stereocenters. The summed E-state index contributed by atoms with van der Waals surface area (Å²) in [6.45, 7) is 2.08. The predicted octanol–water partition coefficient (Wildman–Crippen LogP) is 3.28. The molecule has 1 aromatic heterocycles. The number of nitrogens with zero attached hydrogens (tertiary/aromatic N) is 2. The number of carbonyl (C=O) groups excluding carboxylic acids is 1. The summed E-state index contributed by atoms with van der Waals surface area (Å²) in [5.41, 5.74) is 3.01. The molecule has 1 aliphatic heterocycles. The summed E-state index contributed by atoms with van der Waals surface area (Å²) >= 11 is 0. The van der Waals surface area contributed by atoms with Crippen LogP contribution in [-0.4, -0.2) is 24.4 Å². The van der Waals surface area contributed by atoms with Crippen molar-refractivity contribution in [3.63, 3.8) is 0 Å². The quantitative estimate of drug-likeness (QED) is 0.799. The van der Waals surface area contributed by atoms with Crippen LogP contribution in [0.2, 0.25) is 0 Å². The van der Waals surface area contributed by atoms with Crippen LogP contribution in [0, 0.1) is 0 Å². The van der Waals surface area contributed by atoms with E-state index in [1.54, 1.807) is 12.3 Å². The molecule has 1 saturated heterocycles. The van der Waals surface area contributed by atoms with E-state index in [4.69, 9.17) is 0 Å². The number of benzene rings is 1. The fraction of sp³-hybridized carbons (Fsp3) is 0.294. The molecule has 1 unspecified atom stereocenters. The highest BCUT2D eigenvalue weighted by Gasteiger charge is 2.21. The highest BCUT2D eigenvalue weighted by atomic mass is 16.1. The summed E-state index contributed by atoms with van der Waals surface area (Å²) in [5, 5.41) is 0. The normalized spacial score (nSPS) is 18.8. The lowest BCUT2D eigenvalue weighted by molar-refractivity contribution is 0.111. The summed E-state index contributed by atoms with van der Waals surface area (Å²) < 4.78 is 0. The van der Waals surface area contributed by atoms with Crippen LogP contribution >= 0.6 is 0 Å². The first kappa shape index (κ1) is 12.9. The molecule has 102 valence electrons. The highest BCUT2D eigenvalue weighted by Crippen LogP contribution is 2.29. The van der Waals surface area contributed by atoms with Gasteiger partial charge in [0.1, 0.15) is 5.69 Å². The van der Waals surface area contributed by atoms with Gasteiger partial charge in [0, 0.05) is 19.0 Å². The maximum Gasteiger partial charge on any atom is 0.168 e. The summed E-state index contributed by atoms with van der Waals surface area (Å²) in [4.78, 5) is 17.2. The lowest BCUT2D eigenvalue weighted by Gasteiger charge is -2.34. The largest absolute Gasteiger partial charge is 0.370 e. The number of hydrogen-bond acceptors (Lipinski definition) is 3.